The molecule has 4 nitrogen and oxygen atoms in total. The van der Waals surface area contributed by atoms with Crippen molar-refractivity contribution in [1.29, 1.82) is 0 Å². The summed E-state index contributed by atoms with van der Waals surface area (Å²) in [7, 11) is 0. The maximum atomic E-state index is 11.1. The summed E-state index contributed by atoms with van der Waals surface area (Å²) in [6.45, 7) is 1.60. The number of rotatable bonds is 4. The largest absolute Gasteiger partial charge is 0.300 e. The fourth-order valence-corrected chi connectivity index (χ4v) is 2.84. The van der Waals surface area contributed by atoms with Gasteiger partial charge in [-0.05, 0) is 53.6 Å². The van der Waals surface area contributed by atoms with E-state index in [-0.39, 0.29) is 16.4 Å². The van der Waals surface area contributed by atoms with E-state index in [1.54, 1.807) is 19.1 Å². The lowest BCUT2D eigenvalue weighted by Crippen LogP contribution is -1.94. The van der Waals surface area contributed by atoms with Crippen molar-refractivity contribution < 1.29 is 9.72 Å². The van der Waals surface area contributed by atoms with Crippen LogP contribution in [0.3, 0.4) is 0 Å². The predicted molar refractivity (Wildman–Crippen MR) is 80.3 cm³/mol. The number of non-ortho nitro benzene ring substituents is 1. The Labute approximate surface area is 122 Å². The Hall–Kier alpha value is -2.49. The molecule has 0 saturated heterocycles. The SMILES string of the molecule is CC(=O)CCc1ccc2c(c1)Cc1cc([N+](=O)[O-])ccc1-2. The lowest BCUT2D eigenvalue weighted by atomic mass is 10.0. The number of hydrogen-bond acceptors (Lipinski definition) is 3. The Bertz CT molecular complexity index is 750. The van der Waals surface area contributed by atoms with Gasteiger partial charge in [-0.15, -0.1) is 0 Å². The van der Waals surface area contributed by atoms with E-state index < -0.39 is 0 Å². The van der Waals surface area contributed by atoms with Crippen LogP contribution in [0.1, 0.15) is 30.0 Å². The molecular weight excluding hydrogens is 266 g/mol. The van der Waals surface area contributed by atoms with Gasteiger partial charge in [0.25, 0.3) is 5.69 Å². The van der Waals surface area contributed by atoms with E-state index in [0.29, 0.717) is 6.42 Å². The predicted octanol–water partition coefficient (Wildman–Crippen LogP) is 3.69. The van der Waals surface area contributed by atoms with Gasteiger partial charge in [0.1, 0.15) is 5.78 Å². The van der Waals surface area contributed by atoms with Crippen molar-refractivity contribution >= 4 is 11.5 Å². The fraction of sp³-hybridized carbons (Fsp3) is 0.235. The summed E-state index contributed by atoms with van der Waals surface area (Å²) in [6.07, 6.45) is 2.02. The third-order valence-electron chi connectivity index (χ3n) is 3.91. The first-order chi connectivity index (χ1) is 10.0. The highest BCUT2D eigenvalue weighted by Gasteiger charge is 2.21. The number of aryl methyl sites for hydroxylation is 1. The van der Waals surface area contributed by atoms with Crippen LogP contribution in [0.15, 0.2) is 36.4 Å². The fourth-order valence-electron chi connectivity index (χ4n) is 2.84. The second-order valence-electron chi connectivity index (χ2n) is 5.47. The molecule has 2 aromatic carbocycles. The van der Waals surface area contributed by atoms with Gasteiger partial charge in [0.2, 0.25) is 0 Å². The zero-order valence-corrected chi connectivity index (χ0v) is 11.8. The number of fused-ring (bicyclic) bond motifs is 3. The Kier molecular flexibility index (Phi) is 3.29. The van der Waals surface area contributed by atoms with Crippen LogP contribution in [0.5, 0.6) is 0 Å². The molecule has 0 saturated carbocycles. The van der Waals surface area contributed by atoms with E-state index in [2.05, 4.69) is 12.1 Å². The summed E-state index contributed by atoms with van der Waals surface area (Å²) >= 11 is 0. The molecule has 0 N–H and O–H groups in total. The lowest BCUT2D eigenvalue weighted by Gasteiger charge is -2.04. The van der Waals surface area contributed by atoms with E-state index in [4.69, 9.17) is 0 Å². The van der Waals surface area contributed by atoms with Crippen LogP contribution in [0.25, 0.3) is 11.1 Å². The van der Waals surface area contributed by atoms with Crippen molar-refractivity contribution in [1.82, 2.24) is 0 Å². The number of nitro groups is 1. The van der Waals surface area contributed by atoms with Gasteiger partial charge in [0.05, 0.1) is 4.92 Å². The summed E-state index contributed by atoms with van der Waals surface area (Å²) in [5.74, 6) is 0.189. The van der Waals surface area contributed by atoms with E-state index in [9.17, 15) is 14.9 Å². The van der Waals surface area contributed by atoms with Crippen molar-refractivity contribution in [2.24, 2.45) is 0 Å². The van der Waals surface area contributed by atoms with Gasteiger partial charge >= 0.3 is 0 Å². The molecule has 1 aliphatic rings. The average Bonchev–Trinajstić information content (AvgIpc) is 2.81. The summed E-state index contributed by atoms with van der Waals surface area (Å²) < 4.78 is 0. The molecule has 0 radical (unpaired) electrons. The Morgan fingerprint density at radius 2 is 1.81 bits per heavy atom. The minimum Gasteiger partial charge on any atom is -0.300 e. The molecular formula is C17H15NO3. The van der Waals surface area contributed by atoms with Crippen LogP contribution < -0.4 is 0 Å². The quantitative estimate of drug-likeness (QED) is 0.541. The molecule has 106 valence electrons. The molecule has 0 aromatic heterocycles. The van der Waals surface area contributed by atoms with Crippen LogP contribution >= 0.6 is 0 Å². The second-order valence-corrected chi connectivity index (χ2v) is 5.47. The van der Waals surface area contributed by atoms with Crippen molar-refractivity contribution in [3.05, 3.63) is 63.2 Å². The molecule has 21 heavy (non-hydrogen) atoms. The number of benzene rings is 2. The average molecular weight is 281 g/mol. The highest BCUT2D eigenvalue weighted by molar-refractivity contribution is 5.78. The maximum absolute atomic E-state index is 11.1. The van der Waals surface area contributed by atoms with Crippen LogP contribution in [-0.4, -0.2) is 10.7 Å². The van der Waals surface area contributed by atoms with Crippen LogP contribution in [0, 0.1) is 10.1 Å². The molecule has 0 fully saturated rings. The molecule has 0 amide bonds. The number of ketones is 1. The number of carbonyl (C=O) groups excluding carboxylic acids is 1. The van der Waals surface area contributed by atoms with Crippen LogP contribution in [0.2, 0.25) is 0 Å². The molecule has 2 aromatic rings. The monoisotopic (exact) mass is 281 g/mol. The van der Waals surface area contributed by atoms with Gasteiger partial charge in [-0.1, -0.05) is 18.2 Å². The molecule has 4 heteroatoms. The first-order valence-corrected chi connectivity index (χ1v) is 6.93. The molecule has 3 rings (SSSR count). The molecule has 0 bridgehead atoms. The smallest absolute Gasteiger partial charge is 0.269 e. The van der Waals surface area contributed by atoms with E-state index >= 15 is 0 Å². The first-order valence-electron chi connectivity index (χ1n) is 6.93. The van der Waals surface area contributed by atoms with Gasteiger partial charge in [-0.25, -0.2) is 0 Å². The normalized spacial score (nSPS) is 11.9. The van der Waals surface area contributed by atoms with E-state index in [0.717, 1.165) is 35.1 Å². The summed E-state index contributed by atoms with van der Waals surface area (Å²) in [6, 6.07) is 11.3. The van der Waals surface area contributed by atoms with Gasteiger partial charge in [0.15, 0.2) is 0 Å². The lowest BCUT2D eigenvalue weighted by molar-refractivity contribution is -0.384. The Morgan fingerprint density at radius 3 is 2.48 bits per heavy atom. The number of hydrogen-bond donors (Lipinski definition) is 0. The topological polar surface area (TPSA) is 60.2 Å². The summed E-state index contributed by atoms with van der Waals surface area (Å²) in [4.78, 5) is 21.6. The molecule has 1 aliphatic carbocycles. The zero-order chi connectivity index (χ0) is 15.0. The Balaban J connectivity index is 1.91. The standard InChI is InChI=1S/C17H15NO3/c1-11(19)2-3-12-4-6-16-13(8-12)9-14-10-15(18(20)21)5-7-17(14)16/h4-8,10H,2-3,9H2,1H3. The van der Waals surface area contributed by atoms with Gasteiger partial charge in [0, 0.05) is 18.6 Å². The molecule has 0 heterocycles. The van der Waals surface area contributed by atoms with Crippen molar-refractivity contribution in [2.75, 3.05) is 0 Å². The molecule has 0 spiro atoms. The minimum absolute atomic E-state index is 0.137. The van der Waals surface area contributed by atoms with Gasteiger partial charge in [-0.3, -0.25) is 10.1 Å². The van der Waals surface area contributed by atoms with Crippen LogP contribution in [0.4, 0.5) is 5.69 Å². The van der Waals surface area contributed by atoms with Crippen molar-refractivity contribution in [3.63, 3.8) is 0 Å². The molecule has 0 unspecified atom stereocenters. The number of Topliss-reactive ketones (excluding diaryl/α,β-unsaturated/α-hetero) is 1. The van der Waals surface area contributed by atoms with E-state index in [1.807, 2.05) is 12.1 Å². The third kappa shape index (κ3) is 2.57. The second kappa shape index (κ2) is 5.13. The molecule has 0 atom stereocenters. The van der Waals surface area contributed by atoms with Crippen molar-refractivity contribution in [3.8, 4) is 11.1 Å². The first kappa shape index (κ1) is 13.5. The van der Waals surface area contributed by atoms with Gasteiger partial charge in [-0.2, -0.15) is 0 Å². The molecule has 0 aliphatic heterocycles. The van der Waals surface area contributed by atoms with Crippen molar-refractivity contribution in [2.45, 2.75) is 26.2 Å². The van der Waals surface area contributed by atoms with Gasteiger partial charge < -0.3 is 4.79 Å². The highest BCUT2D eigenvalue weighted by atomic mass is 16.6. The maximum Gasteiger partial charge on any atom is 0.269 e. The number of nitrogens with zero attached hydrogens (tertiary/aromatic N) is 1. The summed E-state index contributed by atoms with van der Waals surface area (Å²) in [5.41, 5.74) is 5.69. The minimum atomic E-state index is -0.360. The Morgan fingerprint density at radius 1 is 1.14 bits per heavy atom. The van der Waals surface area contributed by atoms with Crippen LogP contribution in [-0.2, 0) is 17.6 Å². The number of nitro benzene ring substituents is 1. The zero-order valence-electron chi connectivity index (χ0n) is 11.8. The third-order valence-corrected chi connectivity index (χ3v) is 3.91. The van der Waals surface area contributed by atoms with E-state index in [1.165, 1.54) is 5.56 Å². The number of carbonyl (C=O) groups is 1. The highest BCUT2D eigenvalue weighted by Crippen LogP contribution is 2.38. The summed E-state index contributed by atoms with van der Waals surface area (Å²) in [5, 5.41) is 10.9.